The molecule has 2 fully saturated rings. The first-order chi connectivity index (χ1) is 12.8. The van der Waals surface area contributed by atoms with Crippen molar-refractivity contribution in [3.05, 3.63) is 23.2 Å². The molecular weight excluding hydrogens is 392 g/mol. The Labute approximate surface area is 161 Å². The fraction of sp³-hybridized carbons (Fsp3) is 0.611. The first-order valence-electron chi connectivity index (χ1n) is 9.34. The van der Waals surface area contributed by atoms with Crippen molar-refractivity contribution in [2.45, 2.75) is 61.3 Å². The Morgan fingerprint density at radius 2 is 1.85 bits per heavy atom. The van der Waals surface area contributed by atoms with Crippen LogP contribution in [0.1, 0.15) is 49.5 Å². The highest BCUT2D eigenvalue weighted by Crippen LogP contribution is 2.35. The lowest BCUT2D eigenvalue weighted by atomic mass is 9.93. The average Bonchev–Trinajstić information content (AvgIpc) is 3.07. The maximum absolute atomic E-state index is 13.3. The predicted octanol–water partition coefficient (Wildman–Crippen LogP) is 3.62. The Kier molecular flexibility index (Phi) is 5.22. The van der Waals surface area contributed by atoms with Crippen molar-refractivity contribution < 1.29 is 17.2 Å². The molecule has 1 aromatic heterocycles. The molecule has 2 aliphatic rings. The fourth-order valence-electron chi connectivity index (χ4n) is 3.78. The van der Waals surface area contributed by atoms with Gasteiger partial charge in [0.15, 0.2) is 0 Å². The predicted molar refractivity (Wildman–Crippen MR) is 102 cm³/mol. The lowest BCUT2D eigenvalue weighted by Gasteiger charge is -2.28. The molecule has 1 aliphatic carbocycles. The third-order valence-electron chi connectivity index (χ3n) is 5.41. The number of sulfonamides is 1. The number of alkyl halides is 2. The van der Waals surface area contributed by atoms with Crippen LogP contribution in [0, 0.1) is 0 Å². The zero-order valence-electron chi connectivity index (χ0n) is 14.9. The SMILES string of the molecule is O=S(=O)(NC1CCC(F)(F)CC1)c1ccc2nc(C3CCNCC3)sc2c1. The van der Waals surface area contributed by atoms with Crippen molar-refractivity contribution >= 4 is 31.6 Å². The van der Waals surface area contributed by atoms with Gasteiger partial charge in [0.1, 0.15) is 0 Å². The number of piperidine rings is 1. The van der Waals surface area contributed by atoms with Gasteiger partial charge in [0.2, 0.25) is 15.9 Å². The summed E-state index contributed by atoms with van der Waals surface area (Å²) in [5.74, 6) is -2.25. The number of hydrogen-bond donors (Lipinski definition) is 2. The molecule has 2 N–H and O–H groups in total. The fourth-order valence-corrected chi connectivity index (χ4v) is 6.36. The van der Waals surface area contributed by atoms with Gasteiger partial charge in [-0.1, -0.05) is 0 Å². The molecule has 27 heavy (non-hydrogen) atoms. The Morgan fingerprint density at radius 1 is 1.15 bits per heavy atom. The van der Waals surface area contributed by atoms with Crippen molar-refractivity contribution in [2.75, 3.05) is 13.1 Å². The first-order valence-corrected chi connectivity index (χ1v) is 11.6. The zero-order chi connectivity index (χ0) is 19.1. The van der Waals surface area contributed by atoms with Gasteiger partial charge in [-0.3, -0.25) is 0 Å². The highest BCUT2D eigenvalue weighted by Gasteiger charge is 2.36. The Balaban J connectivity index is 1.52. The molecule has 0 bridgehead atoms. The van der Waals surface area contributed by atoms with E-state index in [0.29, 0.717) is 5.92 Å². The van der Waals surface area contributed by atoms with Gasteiger partial charge in [-0.05, 0) is 57.0 Å². The minimum Gasteiger partial charge on any atom is -0.317 e. The van der Waals surface area contributed by atoms with Gasteiger partial charge in [0.05, 0.1) is 20.1 Å². The Morgan fingerprint density at radius 3 is 2.56 bits per heavy atom. The number of halogens is 2. The van der Waals surface area contributed by atoms with E-state index in [2.05, 4.69) is 15.0 Å². The summed E-state index contributed by atoms with van der Waals surface area (Å²) in [6.45, 7) is 1.95. The first kappa shape index (κ1) is 19.2. The van der Waals surface area contributed by atoms with E-state index in [4.69, 9.17) is 0 Å². The molecular formula is C18H23F2N3O2S2. The maximum atomic E-state index is 13.3. The average molecular weight is 416 g/mol. The second kappa shape index (κ2) is 7.35. The number of aromatic nitrogens is 1. The molecule has 0 spiro atoms. The summed E-state index contributed by atoms with van der Waals surface area (Å²) in [5.41, 5.74) is 0.810. The topological polar surface area (TPSA) is 71.1 Å². The third-order valence-corrected chi connectivity index (χ3v) is 8.11. The van der Waals surface area contributed by atoms with E-state index in [9.17, 15) is 17.2 Å². The van der Waals surface area contributed by atoms with Crippen LogP contribution in [0.15, 0.2) is 23.1 Å². The summed E-state index contributed by atoms with van der Waals surface area (Å²) >= 11 is 1.55. The van der Waals surface area contributed by atoms with Gasteiger partial charge < -0.3 is 5.32 Å². The molecule has 1 saturated carbocycles. The zero-order valence-corrected chi connectivity index (χ0v) is 16.5. The molecule has 2 heterocycles. The molecule has 0 unspecified atom stereocenters. The molecule has 2 aromatic rings. The minimum atomic E-state index is -3.73. The van der Waals surface area contributed by atoms with E-state index in [0.717, 1.165) is 41.2 Å². The van der Waals surface area contributed by atoms with Crippen molar-refractivity contribution in [2.24, 2.45) is 0 Å². The standard InChI is InChI=1S/C18H23F2N3O2S2/c19-18(20)7-3-13(4-8-18)23-27(24,25)14-1-2-15-16(11-14)26-17(22-15)12-5-9-21-10-6-12/h1-2,11-13,21,23H,3-10H2. The normalized spacial score (nSPS) is 22.3. The van der Waals surface area contributed by atoms with Crippen molar-refractivity contribution in [3.8, 4) is 0 Å². The van der Waals surface area contributed by atoms with Crippen LogP contribution in [0.5, 0.6) is 0 Å². The van der Waals surface area contributed by atoms with E-state index in [1.165, 1.54) is 0 Å². The second-order valence-corrected chi connectivity index (χ2v) is 10.2. The van der Waals surface area contributed by atoms with Gasteiger partial charge in [0, 0.05) is 24.8 Å². The molecule has 1 aliphatic heterocycles. The molecule has 0 radical (unpaired) electrons. The van der Waals surface area contributed by atoms with Crippen LogP contribution in [0.4, 0.5) is 8.78 Å². The number of benzene rings is 1. The molecule has 0 atom stereocenters. The molecule has 1 aromatic carbocycles. The van der Waals surface area contributed by atoms with E-state index in [-0.39, 0.29) is 30.6 Å². The van der Waals surface area contributed by atoms with Gasteiger partial charge in [-0.2, -0.15) is 0 Å². The highest BCUT2D eigenvalue weighted by molar-refractivity contribution is 7.89. The summed E-state index contributed by atoms with van der Waals surface area (Å²) in [4.78, 5) is 4.86. The monoisotopic (exact) mass is 415 g/mol. The Bertz CT molecular complexity index is 914. The summed E-state index contributed by atoms with van der Waals surface area (Å²) in [6.07, 6.45) is 1.86. The van der Waals surface area contributed by atoms with Gasteiger partial charge in [0.25, 0.3) is 0 Å². The summed E-state index contributed by atoms with van der Waals surface area (Å²) in [5, 5.41) is 4.39. The van der Waals surface area contributed by atoms with Gasteiger partial charge in [-0.15, -0.1) is 11.3 Å². The van der Waals surface area contributed by atoms with Crippen LogP contribution in [0.2, 0.25) is 0 Å². The number of hydrogen-bond acceptors (Lipinski definition) is 5. The maximum Gasteiger partial charge on any atom is 0.248 e. The van der Waals surface area contributed by atoms with E-state index in [1.54, 1.807) is 29.5 Å². The second-order valence-electron chi connectivity index (χ2n) is 7.46. The van der Waals surface area contributed by atoms with Crippen LogP contribution in [0.3, 0.4) is 0 Å². The summed E-state index contributed by atoms with van der Waals surface area (Å²) in [7, 11) is -3.73. The van der Waals surface area contributed by atoms with Crippen LogP contribution in [0.25, 0.3) is 10.2 Å². The highest BCUT2D eigenvalue weighted by atomic mass is 32.2. The number of fused-ring (bicyclic) bond motifs is 1. The largest absolute Gasteiger partial charge is 0.317 e. The number of nitrogens with one attached hydrogen (secondary N) is 2. The van der Waals surface area contributed by atoms with Crippen LogP contribution < -0.4 is 10.0 Å². The van der Waals surface area contributed by atoms with Gasteiger partial charge in [-0.25, -0.2) is 26.9 Å². The van der Waals surface area contributed by atoms with Crippen LogP contribution >= 0.6 is 11.3 Å². The van der Waals surface area contributed by atoms with Crippen molar-refractivity contribution in [1.29, 1.82) is 0 Å². The Hall–Kier alpha value is -1.16. The van der Waals surface area contributed by atoms with E-state index in [1.807, 2.05) is 0 Å². The molecule has 0 amide bonds. The van der Waals surface area contributed by atoms with E-state index >= 15 is 0 Å². The third kappa shape index (κ3) is 4.31. The molecule has 148 valence electrons. The summed E-state index contributed by atoms with van der Waals surface area (Å²) in [6, 6.07) is 4.50. The summed E-state index contributed by atoms with van der Waals surface area (Å²) < 4.78 is 55.4. The smallest absolute Gasteiger partial charge is 0.248 e. The number of thiazole rings is 1. The molecule has 9 heteroatoms. The lowest BCUT2D eigenvalue weighted by molar-refractivity contribution is -0.0387. The quantitative estimate of drug-likeness (QED) is 0.800. The van der Waals surface area contributed by atoms with Crippen LogP contribution in [-0.4, -0.2) is 38.5 Å². The van der Waals surface area contributed by atoms with Gasteiger partial charge >= 0.3 is 0 Å². The molecule has 5 nitrogen and oxygen atoms in total. The molecule has 4 rings (SSSR count). The lowest BCUT2D eigenvalue weighted by Crippen LogP contribution is -2.40. The van der Waals surface area contributed by atoms with Crippen molar-refractivity contribution in [1.82, 2.24) is 15.0 Å². The minimum absolute atomic E-state index is 0.162. The molecule has 1 saturated heterocycles. The van der Waals surface area contributed by atoms with E-state index < -0.39 is 22.0 Å². The number of nitrogens with zero attached hydrogens (tertiary/aromatic N) is 1. The van der Waals surface area contributed by atoms with Crippen molar-refractivity contribution in [3.63, 3.8) is 0 Å². The number of rotatable bonds is 4. The van der Waals surface area contributed by atoms with Crippen LogP contribution in [-0.2, 0) is 10.0 Å².